The van der Waals surface area contributed by atoms with E-state index in [-0.39, 0.29) is 10.9 Å². The van der Waals surface area contributed by atoms with Gasteiger partial charge in [0.1, 0.15) is 10.7 Å². The van der Waals surface area contributed by atoms with Crippen molar-refractivity contribution in [2.75, 3.05) is 11.9 Å². The van der Waals surface area contributed by atoms with E-state index in [4.69, 9.17) is 0 Å². The topological polar surface area (TPSA) is 83.5 Å². The van der Waals surface area contributed by atoms with E-state index in [0.717, 1.165) is 24.9 Å². The molecule has 0 radical (unpaired) electrons. The summed E-state index contributed by atoms with van der Waals surface area (Å²) >= 11 is 0. The molecule has 6 nitrogen and oxygen atoms in total. The number of amidine groups is 1. The number of aryl methyl sites for hydroxylation is 1. The number of hydrogen-bond donors (Lipinski definition) is 2. The molecule has 2 N–H and O–H groups in total. The molecule has 1 atom stereocenters. The van der Waals surface area contributed by atoms with Crippen molar-refractivity contribution in [1.82, 2.24) is 10.3 Å². The molecule has 1 fully saturated rings. The zero-order valence-electron chi connectivity index (χ0n) is 9.97. The Morgan fingerprint density at radius 2 is 2.28 bits per heavy atom. The summed E-state index contributed by atoms with van der Waals surface area (Å²) in [5.41, 5.74) is 0.803. The Balaban J connectivity index is 2.05. The largest absolute Gasteiger partial charge is 0.325 e. The van der Waals surface area contributed by atoms with Crippen molar-refractivity contribution >= 4 is 21.7 Å². The van der Waals surface area contributed by atoms with Gasteiger partial charge in [-0.2, -0.15) is 8.42 Å². The number of pyridine rings is 1. The van der Waals surface area contributed by atoms with E-state index < -0.39 is 10.0 Å². The van der Waals surface area contributed by atoms with E-state index in [0.29, 0.717) is 11.7 Å². The number of sulfonamides is 1. The molecule has 1 saturated heterocycles. The molecule has 0 aliphatic carbocycles. The van der Waals surface area contributed by atoms with E-state index >= 15 is 0 Å². The zero-order valence-corrected chi connectivity index (χ0v) is 10.8. The summed E-state index contributed by atoms with van der Waals surface area (Å²) in [5, 5.41) is 6.24. The van der Waals surface area contributed by atoms with Gasteiger partial charge in [0.25, 0.3) is 10.0 Å². The lowest BCUT2D eigenvalue weighted by Gasteiger charge is -2.21. The third-order valence-corrected chi connectivity index (χ3v) is 4.43. The fraction of sp³-hybridized carbons (Fsp3) is 0.455. The Morgan fingerprint density at radius 3 is 3.00 bits per heavy atom. The molecule has 0 saturated carbocycles. The van der Waals surface area contributed by atoms with Crippen molar-refractivity contribution in [2.24, 2.45) is 4.40 Å². The second-order valence-corrected chi connectivity index (χ2v) is 6.16. The van der Waals surface area contributed by atoms with Crippen molar-refractivity contribution in [3.8, 4) is 0 Å². The van der Waals surface area contributed by atoms with Crippen molar-refractivity contribution in [2.45, 2.75) is 30.7 Å². The lowest BCUT2D eigenvalue weighted by Crippen LogP contribution is -2.38. The fourth-order valence-electron chi connectivity index (χ4n) is 2.22. The summed E-state index contributed by atoms with van der Waals surface area (Å²) < 4.78 is 28.0. The zero-order chi connectivity index (χ0) is 12.8. The van der Waals surface area contributed by atoms with Crippen LogP contribution in [0, 0.1) is 6.92 Å². The molecule has 18 heavy (non-hydrogen) atoms. The molecule has 1 aromatic heterocycles. The van der Waals surface area contributed by atoms with Crippen LogP contribution in [0.15, 0.2) is 21.6 Å². The van der Waals surface area contributed by atoms with Crippen molar-refractivity contribution < 1.29 is 8.42 Å². The van der Waals surface area contributed by atoms with Gasteiger partial charge in [0.15, 0.2) is 5.82 Å². The highest BCUT2D eigenvalue weighted by atomic mass is 32.2. The molecule has 1 unspecified atom stereocenters. The molecule has 0 aromatic carbocycles. The van der Waals surface area contributed by atoms with Gasteiger partial charge >= 0.3 is 0 Å². The number of fused-ring (bicyclic) bond motifs is 1. The number of hydrogen-bond acceptors (Lipinski definition) is 5. The Labute approximate surface area is 106 Å². The van der Waals surface area contributed by atoms with Gasteiger partial charge in [-0.1, -0.05) is 0 Å². The average Bonchev–Trinajstić information content (AvgIpc) is 2.83. The van der Waals surface area contributed by atoms with Crippen LogP contribution < -0.4 is 10.6 Å². The number of nitrogens with one attached hydrogen (secondary N) is 2. The first kappa shape index (κ1) is 11.6. The van der Waals surface area contributed by atoms with Crippen LogP contribution in [-0.2, 0) is 10.0 Å². The second kappa shape index (κ2) is 4.03. The molecule has 0 bridgehead atoms. The van der Waals surface area contributed by atoms with Gasteiger partial charge in [-0.3, -0.25) is 0 Å². The number of aromatic nitrogens is 1. The Kier molecular flexibility index (Phi) is 2.60. The molecule has 0 amide bonds. The minimum absolute atomic E-state index is 0.0176. The SMILES string of the molecule is Cc1cnc2c(c1)S(=O)(=O)N=C(C1CCCN1)N2. The van der Waals surface area contributed by atoms with Crippen LogP contribution in [-0.4, -0.2) is 31.8 Å². The monoisotopic (exact) mass is 266 g/mol. The third-order valence-electron chi connectivity index (χ3n) is 3.12. The molecular weight excluding hydrogens is 252 g/mol. The van der Waals surface area contributed by atoms with E-state index in [1.54, 1.807) is 19.2 Å². The summed E-state index contributed by atoms with van der Waals surface area (Å²) in [6, 6.07) is 1.57. The van der Waals surface area contributed by atoms with Crippen LogP contribution in [0.5, 0.6) is 0 Å². The fourth-order valence-corrected chi connectivity index (χ4v) is 3.44. The highest BCUT2D eigenvalue weighted by molar-refractivity contribution is 7.90. The number of anilines is 1. The van der Waals surface area contributed by atoms with Gasteiger partial charge in [-0.25, -0.2) is 4.98 Å². The molecule has 3 heterocycles. The van der Waals surface area contributed by atoms with Crippen molar-refractivity contribution in [3.05, 3.63) is 17.8 Å². The van der Waals surface area contributed by atoms with Crippen LogP contribution >= 0.6 is 0 Å². The van der Waals surface area contributed by atoms with Crippen LogP contribution in [0.25, 0.3) is 0 Å². The maximum atomic E-state index is 12.1. The highest BCUT2D eigenvalue weighted by Crippen LogP contribution is 2.27. The molecule has 1 aromatic rings. The van der Waals surface area contributed by atoms with E-state index in [1.807, 2.05) is 0 Å². The van der Waals surface area contributed by atoms with Crippen molar-refractivity contribution in [3.63, 3.8) is 0 Å². The summed E-state index contributed by atoms with van der Waals surface area (Å²) in [6.45, 7) is 2.69. The van der Waals surface area contributed by atoms with E-state index in [9.17, 15) is 8.42 Å². The highest BCUT2D eigenvalue weighted by Gasteiger charge is 2.30. The average molecular weight is 266 g/mol. The second-order valence-electron chi connectivity index (χ2n) is 4.58. The maximum Gasteiger partial charge on any atom is 0.287 e. The minimum atomic E-state index is -3.63. The standard InChI is InChI=1S/C11H14N4O2S/c1-7-5-9-11(13-6-7)14-10(15-18(9,16)17)8-3-2-4-12-8/h5-6,8,12H,2-4H2,1H3,(H,13,14,15). The number of nitrogens with zero attached hydrogens (tertiary/aromatic N) is 2. The van der Waals surface area contributed by atoms with Gasteiger partial charge in [-0.05, 0) is 37.9 Å². The first-order chi connectivity index (χ1) is 8.56. The van der Waals surface area contributed by atoms with Crippen LogP contribution in [0.1, 0.15) is 18.4 Å². The minimum Gasteiger partial charge on any atom is -0.325 e. The molecule has 96 valence electrons. The van der Waals surface area contributed by atoms with Crippen LogP contribution in [0.2, 0.25) is 0 Å². The van der Waals surface area contributed by atoms with E-state index in [1.165, 1.54) is 0 Å². The number of rotatable bonds is 1. The van der Waals surface area contributed by atoms with Gasteiger partial charge in [-0.15, -0.1) is 4.40 Å². The van der Waals surface area contributed by atoms with E-state index in [2.05, 4.69) is 20.0 Å². The predicted octanol–water partition coefficient (Wildman–Crippen LogP) is 0.655. The maximum absolute atomic E-state index is 12.1. The molecule has 2 aliphatic heterocycles. The lowest BCUT2D eigenvalue weighted by molar-refractivity contribution is 0.596. The Bertz CT molecular complexity index is 618. The smallest absolute Gasteiger partial charge is 0.287 e. The lowest BCUT2D eigenvalue weighted by atomic mass is 10.2. The predicted molar refractivity (Wildman–Crippen MR) is 68.2 cm³/mol. The first-order valence-electron chi connectivity index (χ1n) is 5.88. The summed E-state index contributed by atoms with van der Waals surface area (Å²) in [7, 11) is -3.63. The van der Waals surface area contributed by atoms with Gasteiger partial charge in [0.2, 0.25) is 0 Å². The third kappa shape index (κ3) is 1.89. The van der Waals surface area contributed by atoms with Crippen LogP contribution in [0.4, 0.5) is 5.82 Å². The Hall–Kier alpha value is -1.47. The summed E-state index contributed by atoms with van der Waals surface area (Å²) in [6.07, 6.45) is 3.56. The Morgan fingerprint density at radius 1 is 1.44 bits per heavy atom. The van der Waals surface area contributed by atoms with Gasteiger partial charge in [0, 0.05) is 6.20 Å². The summed E-state index contributed by atoms with van der Waals surface area (Å²) in [4.78, 5) is 4.29. The quantitative estimate of drug-likeness (QED) is 0.780. The van der Waals surface area contributed by atoms with Crippen molar-refractivity contribution in [1.29, 1.82) is 0 Å². The molecule has 7 heteroatoms. The molecule has 2 aliphatic rings. The van der Waals surface area contributed by atoms with Gasteiger partial charge in [0.05, 0.1) is 6.04 Å². The van der Waals surface area contributed by atoms with Crippen LogP contribution in [0.3, 0.4) is 0 Å². The first-order valence-corrected chi connectivity index (χ1v) is 7.32. The molecular formula is C11H14N4O2S. The summed E-state index contributed by atoms with van der Waals surface area (Å²) in [5.74, 6) is 0.829. The molecule has 0 spiro atoms. The molecule has 3 rings (SSSR count). The van der Waals surface area contributed by atoms with Gasteiger partial charge < -0.3 is 10.6 Å². The normalized spacial score (nSPS) is 25.2.